The lowest BCUT2D eigenvalue weighted by atomic mass is 9.95. The first-order valence-electron chi connectivity index (χ1n) is 6.45. The number of rotatable bonds is 3. The summed E-state index contributed by atoms with van der Waals surface area (Å²) in [6, 6.07) is 6.23. The van der Waals surface area contributed by atoms with Crippen LogP contribution in [0.5, 0.6) is 0 Å². The van der Waals surface area contributed by atoms with E-state index in [0.717, 1.165) is 34.8 Å². The number of hydrogen-bond acceptors (Lipinski definition) is 3. The average molecular weight is 348 g/mol. The van der Waals surface area contributed by atoms with Gasteiger partial charge in [0.15, 0.2) is 0 Å². The smallest absolute Gasteiger partial charge is 0.0645 e. The van der Waals surface area contributed by atoms with E-state index in [0.29, 0.717) is 6.54 Å². The number of hydrogen-bond donors (Lipinski definition) is 1. The summed E-state index contributed by atoms with van der Waals surface area (Å²) < 4.78 is 6.48. The highest BCUT2D eigenvalue weighted by molar-refractivity contribution is 9.10. The first-order chi connectivity index (χ1) is 8.95. The molecule has 1 aromatic rings. The Hall–Kier alpha value is -0.130. The molecular formula is C14H20BrClN2O. The molecular weight excluding hydrogens is 328 g/mol. The molecule has 1 atom stereocenters. The van der Waals surface area contributed by atoms with E-state index in [4.69, 9.17) is 22.1 Å². The third-order valence-corrected chi connectivity index (χ3v) is 4.87. The van der Waals surface area contributed by atoms with Crippen molar-refractivity contribution in [2.75, 3.05) is 26.3 Å². The quantitative estimate of drug-likeness (QED) is 0.912. The summed E-state index contributed by atoms with van der Waals surface area (Å²) >= 11 is 9.62. The molecule has 1 heterocycles. The van der Waals surface area contributed by atoms with E-state index in [1.165, 1.54) is 0 Å². The van der Waals surface area contributed by atoms with Crippen LogP contribution in [0.1, 0.15) is 25.5 Å². The van der Waals surface area contributed by atoms with E-state index in [-0.39, 0.29) is 11.6 Å². The molecule has 0 spiro atoms. The summed E-state index contributed by atoms with van der Waals surface area (Å²) in [7, 11) is 0. The van der Waals surface area contributed by atoms with Crippen molar-refractivity contribution in [2.24, 2.45) is 5.73 Å². The number of halogens is 2. The number of ether oxygens (including phenoxy) is 1. The van der Waals surface area contributed by atoms with Gasteiger partial charge >= 0.3 is 0 Å². The second kappa shape index (κ2) is 6.10. The third-order valence-electron chi connectivity index (χ3n) is 3.64. The second-order valence-corrected chi connectivity index (χ2v) is 6.74. The molecule has 1 aliphatic heterocycles. The third kappa shape index (κ3) is 3.31. The second-order valence-electron chi connectivity index (χ2n) is 5.48. The lowest BCUT2D eigenvalue weighted by molar-refractivity contribution is -0.0712. The molecule has 1 unspecified atom stereocenters. The van der Waals surface area contributed by atoms with E-state index in [1.807, 2.05) is 12.1 Å². The molecule has 1 saturated heterocycles. The number of morpholine rings is 1. The largest absolute Gasteiger partial charge is 0.378 e. The fourth-order valence-electron chi connectivity index (χ4n) is 2.61. The van der Waals surface area contributed by atoms with Crippen molar-refractivity contribution < 1.29 is 4.74 Å². The first-order valence-corrected chi connectivity index (χ1v) is 7.62. The van der Waals surface area contributed by atoms with Crippen molar-refractivity contribution in [1.29, 1.82) is 0 Å². The molecule has 0 bridgehead atoms. The molecule has 19 heavy (non-hydrogen) atoms. The van der Waals surface area contributed by atoms with Crippen LogP contribution < -0.4 is 5.73 Å². The van der Waals surface area contributed by atoms with Gasteiger partial charge in [0.1, 0.15) is 0 Å². The van der Waals surface area contributed by atoms with E-state index < -0.39 is 0 Å². The van der Waals surface area contributed by atoms with Crippen LogP contribution in [0.3, 0.4) is 0 Å². The Morgan fingerprint density at radius 1 is 1.53 bits per heavy atom. The van der Waals surface area contributed by atoms with Crippen molar-refractivity contribution in [3.63, 3.8) is 0 Å². The maximum atomic E-state index is 6.19. The van der Waals surface area contributed by atoms with Crippen LogP contribution in [0, 0.1) is 0 Å². The molecule has 3 nitrogen and oxygen atoms in total. The van der Waals surface area contributed by atoms with Gasteiger partial charge in [-0.25, -0.2) is 0 Å². The molecule has 1 aliphatic rings. The van der Waals surface area contributed by atoms with Crippen LogP contribution in [-0.2, 0) is 4.74 Å². The van der Waals surface area contributed by atoms with Crippen molar-refractivity contribution in [3.8, 4) is 0 Å². The summed E-state index contributed by atoms with van der Waals surface area (Å²) in [5.74, 6) is 0. The predicted molar refractivity (Wildman–Crippen MR) is 82.6 cm³/mol. The summed E-state index contributed by atoms with van der Waals surface area (Å²) in [6.45, 7) is 7.33. The van der Waals surface area contributed by atoms with Crippen molar-refractivity contribution >= 4 is 27.5 Å². The lowest BCUT2D eigenvalue weighted by Crippen LogP contribution is -2.55. The molecule has 2 N–H and O–H groups in total. The highest BCUT2D eigenvalue weighted by atomic mass is 79.9. The van der Waals surface area contributed by atoms with Crippen LogP contribution in [0.25, 0.3) is 0 Å². The van der Waals surface area contributed by atoms with Gasteiger partial charge in [-0.05, 0) is 47.5 Å². The zero-order valence-corrected chi connectivity index (χ0v) is 13.7. The van der Waals surface area contributed by atoms with Crippen LogP contribution in [0.4, 0.5) is 0 Å². The van der Waals surface area contributed by atoms with E-state index >= 15 is 0 Å². The van der Waals surface area contributed by atoms with Gasteiger partial charge in [0.05, 0.1) is 18.2 Å². The molecule has 1 aromatic carbocycles. The first kappa shape index (κ1) is 15.3. The average Bonchev–Trinajstić information content (AvgIpc) is 2.36. The Labute approximate surface area is 128 Å². The van der Waals surface area contributed by atoms with Crippen molar-refractivity contribution in [3.05, 3.63) is 33.3 Å². The van der Waals surface area contributed by atoms with Crippen molar-refractivity contribution in [2.45, 2.75) is 25.4 Å². The molecule has 2 rings (SSSR count). The summed E-state index contributed by atoms with van der Waals surface area (Å²) in [5.41, 5.74) is 7.15. The number of nitrogens with two attached hydrogens (primary N) is 1. The van der Waals surface area contributed by atoms with E-state index in [1.54, 1.807) is 0 Å². The Balaban J connectivity index is 2.30. The maximum Gasteiger partial charge on any atom is 0.0645 e. The van der Waals surface area contributed by atoms with Gasteiger partial charge < -0.3 is 10.5 Å². The number of nitrogens with zero attached hydrogens (tertiary/aromatic N) is 1. The zero-order valence-electron chi connectivity index (χ0n) is 11.3. The minimum atomic E-state index is -0.0121. The molecule has 106 valence electrons. The Morgan fingerprint density at radius 3 is 2.84 bits per heavy atom. The molecule has 0 amide bonds. The molecule has 0 saturated carbocycles. The zero-order chi connectivity index (χ0) is 14.0. The van der Waals surface area contributed by atoms with Gasteiger partial charge in [-0.1, -0.05) is 17.7 Å². The summed E-state index contributed by atoms with van der Waals surface area (Å²) in [5, 5.41) is 0.724. The molecule has 5 heteroatoms. The molecule has 0 aromatic heterocycles. The lowest BCUT2D eigenvalue weighted by Gasteiger charge is -2.46. The van der Waals surface area contributed by atoms with Gasteiger partial charge in [-0.3, -0.25) is 4.90 Å². The highest BCUT2D eigenvalue weighted by Gasteiger charge is 2.35. The maximum absolute atomic E-state index is 6.19. The Bertz CT molecular complexity index is 453. The minimum Gasteiger partial charge on any atom is -0.378 e. The minimum absolute atomic E-state index is 0.0121. The fourth-order valence-corrected chi connectivity index (χ4v) is 3.05. The normalized spacial score (nSPS) is 21.3. The topological polar surface area (TPSA) is 38.5 Å². The number of benzene rings is 1. The van der Waals surface area contributed by atoms with Crippen LogP contribution in [0.15, 0.2) is 22.7 Å². The summed E-state index contributed by atoms with van der Waals surface area (Å²) in [6.07, 6.45) is 0. The highest BCUT2D eigenvalue weighted by Crippen LogP contribution is 2.33. The monoisotopic (exact) mass is 346 g/mol. The van der Waals surface area contributed by atoms with Crippen LogP contribution in [-0.4, -0.2) is 36.7 Å². The van der Waals surface area contributed by atoms with Gasteiger partial charge in [-0.15, -0.1) is 0 Å². The Morgan fingerprint density at radius 2 is 2.26 bits per heavy atom. The van der Waals surface area contributed by atoms with Crippen LogP contribution in [0.2, 0.25) is 5.02 Å². The molecule has 0 aliphatic carbocycles. The SMILES string of the molecule is CC1(C)COCCN1C(CN)c1ccc(Br)c(Cl)c1. The fraction of sp³-hybridized carbons (Fsp3) is 0.571. The van der Waals surface area contributed by atoms with Gasteiger partial charge in [0, 0.05) is 29.1 Å². The molecule has 0 radical (unpaired) electrons. The Kier molecular flexibility index (Phi) is 4.90. The predicted octanol–water partition coefficient (Wildman–Crippen LogP) is 3.21. The van der Waals surface area contributed by atoms with Crippen molar-refractivity contribution in [1.82, 2.24) is 4.90 Å². The standard InChI is InChI=1S/C14H20BrClN2O/c1-14(2)9-19-6-5-18(14)13(8-17)10-3-4-11(15)12(16)7-10/h3-4,7,13H,5-6,8-9,17H2,1-2H3. The van der Waals surface area contributed by atoms with E-state index in [9.17, 15) is 0 Å². The van der Waals surface area contributed by atoms with Gasteiger partial charge in [0.25, 0.3) is 0 Å². The van der Waals surface area contributed by atoms with Crippen LogP contribution >= 0.6 is 27.5 Å². The summed E-state index contributed by atoms with van der Waals surface area (Å²) in [4.78, 5) is 2.41. The van der Waals surface area contributed by atoms with Gasteiger partial charge in [-0.2, -0.15) is 0 Å². The van der Waals surface area contributed by atoms with Gasteiger partial charge in [0.2, 0.25) is 0 Å². The molecule has 1 fully saturated rings. The van der Waals surface area contributed by atoms with E-state index in [2.05, 4.69) is 40.7 Å².